The van der Waals surface area contributed by atoms with Crippen LogP contribution in [0.2, 0.25) is 0 Å². The Morgan fingerprint density at radius 1 is 1.23 bits per heavy atom. The maximum atomic E-state index is 12.0. The van der Waals surface area contributed by atoms with Crippen molar-refractivity contribution in [2.75, 3.05) is 6.61 Å². The van der Waals surface area contributed by atoms with E-state index in [-0.39, 0.29) is 42.2 Å². The van der Waals surface area contributed by atoms with Gasteiger partial charge in [-0.05, 0) is 6.42 Å². The minimum Gasteiger partial charge on any atom is -0.461 e. The molecule has 22 heavy (non-hydrogen) atoms. The molecule has 0 aromatic heterocycles. The minimum absolute atomic E-state index is 0.0208. The molecule has 2 fully saturated rings. The molecule has 1 aliphatic heterocycles. The van der Waals surface area contributed by atoms with Crippen LogP contribution in [0.5, 0.6) is 0 Å². The maximum Gasteiger partial charge on any atom is 0.306 e. The van der Waals surface area contributed by atoms with Crippen LogP contribution in [0.15, 0.2) is 30.3 Å². The lowest BCUT2D eigenvalue weighted by Gasteiger charge is -2.53. The van der Waals surface area contributed by atoms with E-state index in [9.17, 15) is 9.59 Å². The number of Topliss-reactive ketones (excluding diaryl/α,β-unsaturated/α-hetero) is 1. The Bertz CT molecular complexity index is 564. The minimum atomic E-state index is -0.285. The fraction of sp³-hybridized carbons (Fsp3) is 0.556. The van der Waals surface area contributed by atoms with Crippen LogP contribution in [0.1, 0.15) is 43.5 Å². The Kier molecular flexibility index (Phi) is 4.04. The molecule has 0 bridgehead atoms. The first-order valence-corrected chi connectivity index (χ1v) is 7.89. The van der Waals surface area contributed by atoms with E-state index < -0.39 is 0 Å². The Labute approximate surface area is 130 Å². The van der Waals surface area contributed by atoms with Gasteiger partial charge in [-0.1, -0.05) is 44.2 Å². The highest BCUT2D eigenvalue weighted by molar-refractivity contribution is 5.97. The quantitative estimate of drug-likeness (QED) is 0.620. The van der Waals surface area contributed by atoms with Gasteiger partial charge in [-0.25, -0.2) is 0 Å². The van der Waals surface area contributed by atoms with Crippen molar-refractivity contribution < 1.29 is 19.1 Å². The summed E-state index contributed by atoms with van der Waals surface area (Å²) in [6.45, 7) is 4.90. The predicted molar refractivity (Wildman–Crippen MR) is 81.5 cm³/mol. The molecule has 1 heterocycles. The summed E-state index contributed by atoms with van der Waals surface area (Å²) in [5.41, 5.74) is 0.517. The van der Waals surface area contributed by atoms with Gasteiger partial charge in [0.1, 0.15) is 6.10 Å². The number of benzene rings is 1. The normalized spacial score (nSPS) is 28.5. The number of carbonyl (C=O) groups excluding carboxylic acids is 2. The van der Waals surface area contributed by atoms with Crippen molar-refractivity contribution in [3.05, 3.63) is 35.9 Å². The molecule has 2 aliphatic rings. The Morgan fingerprint density at radius 3 is 2.68 bits per heavy atom. The molecular formula is C18H22O4. The third-order valence-electron chi connectivity index (χ3n) is 4.90. The van der Waals surface area contributed by atoms with E-state index in [4.69, 9.17) is 9.47 Å². The molecule has 3 rings (SSSR count). The molecular weight excluding hydrogens is 280 g/mol. The van der Waals surface area contributed by atoms with Gasteiger partial charge in [-0.2, -0.15) is 0 Å². The smallest absolute Gasteiger partial charge is 0.306 e. The lowest BCUT2D eigenvalue weighted by Crippen LogP contribution is -2.61. The van der Waals surface area contributed by atoms with E-state index in [1.807, 2.05) is 18.2 Å². The lowest BCUT2D eigenvalue weighted by atomic mass is 9.59. The van der Waals surface area contributed by atoms with Crippen LogP contribution in [-0.4, -0.2) is 30.6 Å². The zero-order chi connectivity index (χ0) is 15.7. The van der Waals surface area contributed by atoms with Crippen LogP contribution < -0.4 is 0 Å². The second-order valence-corrected chi connectivity index (χ2v) is 6.76. The van der Waals surface area contributed by atoms with E-state index in [0.717, 1.165) is 13.0 Å². The van der Waals surface area contributed by atoms with Gasteiger partial charge >= 0.3 is 5.97 Å². The number of esters is 1. The highest BCUT2D eigenvalue weighted by Crippen LogP contribution is 2.53. The Morgan fingerprint density at radius 2 is 1.95 bits per heavy atom. The summed E-state index contributed by atoms with van der Waals surface area (Å²) >= 11 is 0. The van der Waals surface area contributed by atoms with Crippen LogP contribution in [0, 0.1) is 11.3 Å². The molecule has 1 aromatic carbocycles. The van der Waals surface area contributed by atoms with E-state index in [2.05, 4.69) is 13.8 Å². The molecule has 1 aliphatic carbocycles. The van der Waals surface area contributed by atoms with Crippen molar-refractivity contribution >= 4 is 11.8 Å². The largest absolute Gasteiger partial charge is 0.461 e. The average molecular weight is 302 g/mol. The van der Waals surface area contributed by atoms with Gasteiger partial charge in [-0.15, -0.1) is 0 Å². The third kappa shape index (κ3) is 2.68. The lowest BCUT2D eigenvalue weighted by molar-refractivity contribution is -0.210. The van der Waals surface area contributed by atoms with Crippen molar-refractivity contribution in [3.63, 3.8) is 0 Å². The van der Waals surface area contributed by atoms with Gasteiger partial charge in [0.25, 0.3) is 0 Å². The number of carbonyl (C=O) groups is 2. The van der Waals surface area contributed by atoms with Gasteiger partial charge in [0, 0.05) is 29.9 Å². The van der Waals surface area contributed by atoms with E-state index in [1.165, 1.54) is 0 Å². The second kappa shape index (κ2) is 5.84. The van der Waals surface area contributed by atoms with Gasteiger partial charge < -0.3 is 9.47 Å². The predicted octanol–water partition coefficient (Wildman–Crippen LogP) is 3.01. The standard InChI is InChI=1S/C18H22O4/c1-18(2)16-13(10-11-21-16)17(18)22-15(20)9-8-14(19)12-6-4-3-5-7-12/h3-7,13,16-17H,8-11H2,1-2H3/t13-,16+,17+/m0/s1. The first-order valence-electron chi connectivity index (χ1n) is 7.89. The number of ketones is 1. The number of fused-ring (bicyclic) bond motifs is 1. The molecule has 0 spiro atoms. The summed E-state index contributed by atoms with van der Waals surface area (Å²) in [5, 5.41) is 0. The fourth-order valence-electron chi connectivity index (χ4n) is 3.70. The average Bonchev–Trinajstić information content (AvgIpc) is 2.98. The van der Waals surface area contributed by atoms with Gasteiger partial charge in [0.15, 0.2) is 5.78 Å². The second-order valence-electron chi connectivity index (χ2n) is 6.76. The highest BCUT2D eigenvalue weighted by Gasteiger charge is 2.61. The van der Waals surface area contributed by atoms with Crippen molar-refractivity contribution in [1.29, 1.82) is 0 Å². The third-order valence-corrected chi connectivity index (χ3v) is 4.90. The monoisotopic (exact) mass is 302 g/mol. The van der Waals surface area contributed by atoms with Crippen molar-refractivity contribution in [1.82, 2.24) is 0 Å². The summed E-state index contributed by atoms with van der Waals surface area (Å²) in [6.07, 6.45) is 1.41. The van der Waals surface area contributed by atoms with Crippen molar-refractivity contribution in [2.24, 2.45) is 11.3 Å². The Balaban J connectivity index is 1.50. The molecule has 0 amide bonds. The van der Waals surface area contributed by atoms with Crippen LogP contribution in [0.3, 0.4) is 0 Å². The van der Waals surface area contributed by atoms with Gasteiger partial charge in [-0.3, -0.25) is 9.59 Å². The van der Waals surface area contributed by atoms with Crippen LogP contribution in [0.25, 0.3) is 0 Å². The SMILES string of the molecule is CC1(C)[C@@H]2OCC[C@@H]2[C@H]1OC(=O)CCC(=O)c1ccccc1. The summed E-state index contributed by atoms with van der Waals surface area (Å²) < 4.78 is 11.3. The first kappa shape index (κ1) is 15.2. The number of hydrogen-bond donors (Lipinski definition) is 0. The molecule has 118 valence electrons. The maximum absolute atomic E-state index is 12.0. The molecule has 4 nitrogen and oxygen atoms in total. The molecule has 4 heteroatoms. The molecule has 0 N–H and O–H groups in total. The van der Waals surface area contributed by atoms with E-state index in [1.54, 1.807) is 12.1 Å². The van der Waals surface area contributed by atoms with Crippen molar-refractivity contribution in [2.45, 2.75) is 45.3 Å². The molecule has 0 unspecified atom stereocenters. The van der Waals surface area contributed by atoms with Crippen LogP contribution in [0.4, 0.5) is 0 Å². The van der Waals surface area contributed by atoms with Crippen LogP contribution >= 0.6 is 0 Å². The molecule has 1 saturated heterocycles. The first-order chi connectivity index (χ1) is 10.5. The van der Waals surface area contributed by atoms with Gasteiger partial charge in [0.05, 0.1) is 12.5 Å². The van der Waals surface area contributed by atoms with Crippen LogP contribution in [-0.2, 0) is 14.3 Å². The molecule has 1 saturated carbocycles. The molecule has 3 atom stereocenters. The zero-order valence-electron chi connectivity index (χ0n) is 13.1. The summed E-state index contributed by atoms with van der Waals surface area (Å²) in [4.78, 5) is 24.0. The van der Waals surface area contributed by atoms with E-state index in [0.29, 0.717) is 11.5 Å². The molecule has 1 aromatic rings. The van der Waals surface area contributed by atoms with Gasteiger partial charge in [0.2, 0.25) is 0 Å². The zero-order valence-corrected chi connectivity index (χ0v) is 13.1. The Hall–Kier alpha value is -1.68. The fourth-order valence-corrected chi connectivity index (χ4v) is 3.70. The summed E-state index contributed by atoms with van der Waals surface area (Å²) in [6, 6.07) is 9.04. The summed E-state index contributed by atoms with van der Waals surface area (Å²) in [7, 11) is 0. The van der Waals surface area contributed by atoms with E-state index >= 15 is 0 Å². The highest BCUT2D eigenvalue weighted by atomic mass is 16.6. The van der Waals surface area contributed by atoms with Crippen molar-refractivity contribution in [3.8, 4) is 0 Å². The molecule has 0 radical (unpaired) electrons. The number of rotatable bonds is 5. The summed E-state index contributed by atoms with van der Waals surface area (Å²) in [5.74, 6) is 0.0176. The number of hydrogen-bond acceptors (Lipinski definition) is 4. The topological polar surface area (TPSA) is 52.6 Å². The number of ether oxygens (including phenoxy) is 2.